The molecule has 28 heavy (non-hydrogen) atoms. The normalized spacial score (nSPS) is 23.1. The summed E-state index contributed by atoms with van der Waals surface area (Å²) in [6.45, 7) is 3.46. The molecule has 4 rings (SSSR count). The van der Waals surface area contributed by atoms with Crippen molar-refractivity contribution < 1.29 is 12.8 Å². The number of hydrogen-bond donors (Lipinski definition) is 0. The van der Waals surface area contributed by atoms with Gasteiger partial charge < -0.3 is 0 Å². The number of sulfone groups is 1. The van der Waals surface area contributed by atoms with Gasteiger partial charge in [-0.1, -0.05) is 0 Å². The number of aromatic nitrogens is 2. The number of halogens is 1. The summed E-state index contributed by atoms with van der Waals surface area (Å²) in [6, 6.07) is 9.26. The van der Waals surface area contributed by atoms with Crippen molar-refractivity contribution in [1.82, 2.24) is 19.6 Å². The first-order valence-electron chi connectivity index (χ1n) is 9.41. The van der Waals surface area contributed by atoms with E-state index in [2.05, 4.69) is 14.9 Å². The number of benzene rings is 1. The summed E-state index contributed by atoms with van der Waals surface area (Å²) in [7, 11) is -2.88. The molecule has 2 saturated heterocycles. The van der Waals surface area contributed by atoms with Crippen LogP contribution in [-0.4, -0.2) is 71.7 Å². The molecule has 2 aliphatic rings. The lowest BCUT2D eigenvalue weighted by Crippen LogP contribution is -2.51. The van der Waals surface area contributed by atoms with Gasteiger partial charge in [-0.05, 0) is 36.8 Å². The molecule has 1 unspecified atom stereocenters. The fraction of sp³-hybridized carbons (Fsp3) is 0.474. The van der Waals surface area contributed by atoms with Crippen LogP contribution in [0.5, 0.6) is 0 Å². The highest BCUT2D eigenvalue weighted by atomic mass is 32.2. The fourth-order valence-electron chi connectivity index (χ4n) is 3.85. The molecule has 0 saturated carbocycles. The number of nitrogens with zero attached hydrogens (tertiary/aromatic N) is 4. The van der Waals surface area contributed by atoms with Crippen LogP contribution in [0.1, 0.15) is 6.42 Å². The Morgan fingerprint density at radius 1 is 1.04 bits per heavy atom. The first-order valence-corrected chi connectivity index (χ1v) is 11.2. The first kappa shape index (κ1) is 19.2. The zero-order valence-corrected chi connectivity index (χ0v) is 16.3. The van der Waals surface area contributed by atoms with Crippen LogP contribution < -0.4 is 5.56 Å². The van der Waals surface area contributed by atoms with Crippen molar-refractivity contribution in [3.63, 3.8) is 0 Å². The van der Waals surface area contributed by atoms with E-state index < -0.39 is 9.84 Å². The molecule has 1 atom stereocenters. The van der Waals surface area contributed by atoms with Crippen LogP contribution >= 0.6 is 0 Å². The van der Waals surface area contributed by atoms with Gasteiger partial charge in [-0.2, -0.15) is 5.10 Å². The molecule has 2 fully saturated rings. The van der Waals surface area contributed by atoms with E-state index in [4.69, 9.17) is 0 Å². The van der Waals surface area contributed by atoms with E-state index in [1.807, 2.05) is 0 Å². The molecule has 0 radical (unpaired) electrons. The highest BCUT2D eigenvalue weighted by Gasteiger charge is 2.33. The Labute approximate surface area is 163 Å². The van der Waals surface area contributed by atoms with E-state index in [0.29, 0.717) is 18.8 Å². The smallest absolute Gasteiger partial charge is 0.268 e. The monoisotopic (exact) mass is 406 g/mol. The van der Waals surface area contributed by atoms with Crippen LogP contribution in [-0.2, 0) is 16.5 Å². The second-order valence-electron chi connectivity index (χ2n) is 7.42. The highest BCUT2D eigenvalue weighted by Crippen LogP contribution is 2.19. The van der Waals surface area contributed by atoms with Crippen LogP contribution in [0.2, 0.25) is 0 Å². The molecule has 0 amide bonds. The second kappa shape index (κ2) is 7.73. The Morgan fingerprint density at radius 3 is 2.39 bits per heavy atom. The van der Waals surface area contributed by atoms with E-state index in [1.165, 1.54) is 22.9 Å². The van der Waals surface area contributed by atoms with Gasteiger partial charge in [0.1, 0.15) is 5.82 Å². The first-order chi connectivity index (χ1) is 13.4. The maximum Gasteiger partial charge on any atom is 0.268 e. The molecule has 3 heterocycles. The SMILES string of the molecule is O=c1ccc(-c2ccc(F)cc2)nn1CN1CCN(C2CCS(=O)(=O)C2)CC1. The second-order valence-corrected chi connectivity index (χ2v) is 9.64. The predicted molar refractivity (Wildman–Crippen MR) is 104 cm³/mol. The van der Waals surface area contributed by atoms with Gasteiger partial charge in [-0.15, -0.1) is 0 Å². The van der Waals surface area contributed by atoms with Gasteiger partial charge in [0.2, 0.25) is 0 Å². The lowest BCUT2D eigenvalue weighted by atomic mass is 10.1. The summed E-state index contributed by atoms with van der Waals surface area (Å²) in [4.78, 5) is 16.6. The predicted octanol–water partition coefficient (Wildman–Crippen LogP) is 0.812. The Bertz CT molecular complexity index is 999. The minimum absolute atomic E-state index is 0.120. The molecular weight excluding hydrogens is 383 g/mol. The number of rotatable bonds is 4. The lowest BCUT2D eigenvalue weighted by molar-refractivity contribution is 0.0800. The molecule has 0 N–H and O–H groups in total. The Hall–Kier alpha value is -2.10. The van der Waals surface area contributed by atoms with Crippen molar-refractivity contribution in [1.29, 1.82) is 0 Å². The fourth-order valence-corrected chi connectivity index (χ4v) is 5.61. The van der Waals surface area contributed by atoms with Gasteiger partial charge in [0.25, 0.3) is 5.56 Å². The number of hydrogen-bond acceptors (Lipinski definition) is 6. The summed E-state index contributed by atoms with van der Waals surface area (Å²) in [5.74, 6) is 0.228. The zero-order valence-electron chi connectivity index (χ0n) is 15.5. The third-order valence-electron chi connectivity index (χ3n) is 5.47. The molecule has 2 aliphatic heterocycles. The summed E-state index contributed by atoms with van der Waals surface area (Å²) in [5.41, 5.74) is 1.19. The summed E-state index contributed by atoms with van der Waals surface area (Å²) < 4.78 is 37.9. The molecule has 1 aromatic carbocycles. The van der Waals surface area contributed by atoms with E-state index in [9.17, 15) is 17.6 Å². The number of piperazine rings is 1. The van der Waals surface area contributed by atoms with Gasteiger partial charge >= 0.3 is 0 Å². The van der Waals surface area contributed by atoms with Gasteiger partial charge in [-0.3, -0.25) is 14.6 Å². The minimum atomic E-state index is -2.88. The minimum Gasteiger partial charge on any atom is -0.297 e. The average Bonchev–Trinajstić information content (AvgIpc) is 3.05. The molecule has 7 nitrogen and oxygen atoms in total. The van der Waals surface area contributed by atoms with Crippen molar-refractivity contribution >= 4 is 9.84 Å². The van der Waals surface area contributed by atoms with Crippen molar-refractivity contribution in [3.05, 3.63) is 52.6 Å². The standard InChI is InChI=1S/C19H23FN4O3S/c20-16-3-1-15(2-4-16)18-5-6-19(25)24(21-18)14-22-8-10-23(11-9-22)17-7-12-28(26,27)13-17/h1-6,17H,7-14H2. The summed E-state index contributed by atoms with van der Waals surface area (Å²) >= 11 is 0. The van der Waals surface area contributed by atoms with Crippen LogP contribution in [0.25, 0.3) is 11.3 Å². The van der Waals surface area contributed by atoms with Gasteiger partial charge in [0.15, 0.2) is 9.84 Å². The van der Waals surface area contributed by atoms with E-state index >= 15 is 0 Å². The quantitative estimate of drug-likeness (QED) is 0.748. The maximum atomic E-state index is 13.1. The largest absolute Gasteiger partial charge is 0.297 e. The summed E-state index contributed by atoms with van der Waals surface area (Å²) in [6.07, 6.45) is 0.711. The van der Waals surface area contributed by atoms with Crippen LogP contribution in [0.3, 0.4) is 0 Å². The van der Waals surface area contributed by atoms with E-state index in [-0.39, 0.29) is 28.9 Å². The third-order valence-corrected chi connectivity index (χ3v) is 7.22. The zero-order chi connectivity index (χ0) is 19.7. The van der Waals surface area contributed by atoms with Crippen molar-refractivity contribution in [2.45, 2.75) is 19.1 Å². The Balaban J connectivity index is 1.40. The topological polar surface area (TPSA) is 75.5 Å². The molecule has 150 valence electrons. The third kappa shape index (κ3) is 4.31. The van der Waals surface area contributed by atoms with Gasteiger partial charge in [0, 0.05) is 43.9 Å². The summed E-state index contributed by atoms with van der Waals surface area (Å²) in [5, 5.41) is 4.43. The van der Waals surface area contributed by atoms with Crippen molar-refractivity contribution in [2.24, 2.45) is 0 Å². The van der Waals surface area contributed by atoms with Crippen LogP contribution in [0, 0.1) is 5.82 Å². The van der Waals surface area contributed by atoms with Gasteiger partial charge in [-0.25, -0.2) is 17.5 Å². The van der Waals surface area contributed by atoms with E-state index in [0.717, 1.165) is 31.7 Å². The van der Waals surface area contributed by atoms with Gasteiger partial charge in [0.05, 0.1) is 23.9 Å². The molecular formula is C19H23FN4O3S. The molecule has 0 spiro atoms. The average molecular weight is 406 g/mol. The molecule has 0 bridgehead atoms. The maximum absolute atomic E-state index is 13.1. The Kier molecular flexibility index (Phi) is 5.31. The van der Waals surface area contributed by atoms with Crippen molar-refractivity contribution in [3.8, 4) is 11.3 Å². The molecule has 2 aromatic rings. The Morgan fingerprint density at radius 2 is 1.75 bits per heavy atom. The van der Waals surface area contributed by atoms with Crippen LogP contribution in [0.4, 0.5) is 4.39 Å². The molecule has 1 aromatic heterocycles. The van der Waals surface area contributed by atoms with Crippen molar-refractivity contribution in [2.75, 3.05) is 37.7 Å². The molecule has 0 aliphatic carbocycles. The van der Waals surface area contributed by atoms with E-state index in [1.54, 1.807) is 18.2 Å². The highest BCUT2D eigenvalue weighted by molar-refractivity contribution is 7.91. The van der Waals surface area contributed by atoms with Crippen LogP contribution in [0.15, 0.2) is 41.2 Å². The lowest BCUT2D eigenvalue weighted by Gasteiger charge is -2.37. The molecule has 9 heteroatoms.